The zero-order valence-corrected chi connectivity index (χ0v) is 16.4. The normalized spacial score (nSPS) is 14.9. The molecule has 148 valence electrons. The van der Waals surface area contributed by atoms with Crippen molar-refractivity contribution in [2.24, 2.45) is 0 Å². The second-order valence-electron chi connectivity index (χ2n) is 7.96. The maximum Gasteiger partial charge on any atom is 0.348 e. The molecule has 0 saturated heterocycles. The molecule has 0 unspecified atom stereocenters. The lowest BCUT2D eigenvalue weighted by atomic mass is 9.96. The van der Waals surface area contributed by atoms with Gasteiger partial charge < -0.3 is 10.4 Å². The van der Waals surface area contributed by atoms with Crippen LogP contribution in [-0.2, 0) is 6.54 Å². The van der Waals surface area contributed by atoms with Gasteiger partial charge in [-0.2, -0.15) is 5.10 Å². The van der Waals surface area contributed by atoms with Crippen LogP contribution in [0.3, 0.4) is 0 Å². The number of phenolic OH excluding ortho intramolecular Hbond substituents is 1. The molecule has 0 atom stereocenters. The van der Waals surface area contributed by atoms with Gasteiger partial charge in [-0.15, -0.1) is 0 Å². The summed E-state index contributed by atoms with van der Waals surface area (Å²) in [6.45, 7) is 2.72. The summed E-state index contributed by atoms with van der Waals surface area (Å²) in [5, 5.41) is 22.0. The van der Waals surface area contributed by atoms with E-state index in [-0.39, 0.29) is 11.4 Å². The fraction of sp³-hybridized carbons (Fsp3) is 0.304. The van der Waals surface area contributed by atoms with Gasteiger partial charge >= 0.3 is 5.69 Å². The summed E-state index contributed by atoms with van der Waals surface area (Å²) in [7, 11) is 0. The number of nitrogens with zero attached hydrogens (tertiary/aromatic N) is 2. The van der Waals surface area contributed by atoms with Crippen LogP contribution < -0.4 is 11.0 Å². The lowest BCUT2D eigenvalue weighted by Crippen LogP contribution is -2.25. The van der Waals surface area contributed by atoms with Gasteiger partial charge in [0.05, 0.1) is 5.52 Å². The third-order valence-electron chi connectivity index (χ3n) is 6.07. The van der Waals surface area contributed by atoms with E-state index in [0.717, 1.165) is 39.7 Å². The Morgan fingerprint density at radius 2 is 1.97 bits per heavy atom. The number of aromatic nitrogens is 3. The average Bonchev–Trinajstić information content (AvgIpc) is 3.37. The van der Waals surface area contributed by atoms with Crippen LogP contribution in [0.25, 0.3) is 27.7 Å². The summed E-state index contributed by atoms with van der Waals surface area (Å²) >= 11 is 0. The Bertz CT molecular complexity index is 1270. The first-order valence-electron chi connectivity index (χ1n) is 10.2. The van der Waals surface area contributed by atoms with E-state index in [9.17, 15) is 9.90 Å². The van der Waals surface area contributed by atoms with Crippen molar-refractivity contribution in [3.8, 4) is 16.9 Å². The molecule has 2 aromatic heterocycles. The van der Waals surface area contributed by atoms with Crippen LogP contribution in [0, 0.1) is 6.92 Å². The zero-order chi connectivity index (χ0) is 20.0. The van der Waals surface area contributed by atoms with Crippen molar-refractivity contribution in [3.05, 3.63) is 64.1 Å². The van der Waals surface area contributed by atoms with Gasteiger partial charge in [0, 0.05) is 23.5 Å². The van der Waals surface area contributed by atoms with Crippen LogP contribution in [0.5, 0.6) is 5.75 Å². The molecular formula is C23H24N4O2. The number of pyridine rings is 1. The number of H-pyrrole nitrogens is 1. The topological polar surface area (TPSA) is 82.4 Å². The molecule has 6 nitrogen and oxygen atoms in total. The number of aromatic amines is 1. The lowest BCUT2D eigenvalue weighted by molar-refractivity contribution is 0.478. The Hall–Kier alpha value is -3.12. The van der Waals surface area contributed by atoms with E-state index in [1.54, 1.807) is 10.5 Å². The largest absolute Gasteiger partial charge is 0.507 e. The average molecular weight is 388 g/mol. The first-order valence-corrected chi connectivity index (χ1v) is 10.2. The second-order valence-corrected chi connectivity index (χ2v) is 7.96. The summed E-state index contributed by atoms with van der Waals surface area (Å²) in [5.41, 5.74) is 4.84. The van der Waals surface area contributed by atoms with E-state index in [0.29, 0.717) is 11.7 Å². The Balaban J connectivity index is 1.65. The van der Waals surface area contributed by atoms with E-state index in [1.165, 1.54) is 25.7 Å². The fourth-order valence-corrected chi connectivity index (χ4v) is 4.53. The zero-order valence-electron chi connectivity index (χ0n) is 16.4. The lowest BCUT2D eigenvalue weighted by Gasteiger charge is -2.16. The minimum absolute atomic E-state index is 0.213. The minimum atomic E-state index is -0.280. The van der Waals surface area contributed by atoms with Crippen molar-refractivity contribution in [1.82, 2.24) is 19.9 Å². The molecule has 0 aliphatic heterocycles. The van der Waals surface area contributed by atoms with Crippen LogP contribution in [0.15, 0.2) is 47.3 Å². The monoisotopic (exact) mass is 388 g/mol. The second kappa shape index (κ2) is 7.04. The van der Waals surface area contributed by atoms with Gasteiger partial charge in [-0.25, -0.2) is 14.3 Å². The maximum atomic E-state index is 12.3. The molecule has 2 heterocycles. The number of aryl methyl sites for hydroxylation is 1. The molecule has 5 rings (SSSR count). The fourth-order valence-electron chi connectivity index (χ4n) is 4.53. The Labute approximate surface area is 168 Å². The summed E-state index contributed by atoms with van der Waals surface area (Å²) in [6, 6.07) is 14.2. The molecule has 3 N–H and O–H groups in total. The van der Waals surface area contributed by atoms with Crippen molar-refractivity contribution < 1.29 is 5.11 Å². The first-order chi connectivity index (χ1) is 14.1. The van der Waals surface area contributed by atoms with E-state index in [1.807, 2.05) is 37.3 Å². The van der Waals surface area contributed by atoms with E-state index in [4.69, 9.17) is 0 Å². The number of aromatic hydroxyl groups is 1. The molecule has 4 aromatic rings. The van der Waals surface area contributed by atoms with Gasteiger partial charge in [-0.3, -0.25) is 0 Å². The van der Waals surface area contributed by atoms with Gasteiger partial charge in [0.1, 0.15) is 5.75 Å². The molecule has 1 saturated carbocycles. The molecule has 2 aromatic carbocycles. The van der Waals surface area contributed by atoms with Gasteiger partial charge in [0.15, 0.2) is 5.65 Å². The van der Waals surface area contributed by atoms with E-state index in [2.05, 4.69) is 21.6 Å². The van der Waals surface area contributed by atoms with E-state index >= 15 is 0 Å². The number of nitrogens with one attached hydrogen (secondary N) is 2. The molecular weight excluding hydrogens is 364 g/mol. The molecule has 1 fully saturated rings. The molecule has 0 spiro atoms. The number of phenols is 1. The third-order valence-corrected chi connectivity index (χ3v) is 6.07. The molecule has 0 bridgehead atoms. The van der Waals surface area contributed by atoms with Crippen LogP contribution in [0.1, 0.15) is 36.8 Å². The summed E-state index contributed by atoms with van der Waals surface area (Å²) in [6.07, 6.45) is 5.03. The Morgan fingerprint density at radius 3 is 2.79 bits per heavy atom. The van der Waals surface area contributed by atoms with Crippen LogP contribution in [0.2, 0.25) is 0 Å². The maximum absolute atomic E-state index is 12.3. The van der Waals surface area contributed by atoms with Crippen molar-refractivity contribution >= 4 is 16.6 Å². The Kier molecular flexibility index (Phi) is 4.36. The minimum Gasteiger partial charge on any atom is -0.507 e. The number of rotatable bonds is 4. The molecule has 29 heavy (non-hydrogen) atoms. The van der Waals surface area contributed by atoms with Gasteiger partial charge in [-0.1, -0.05) is 37.1 Å². The van der Waals surface area contributed by atoms with Crippen LogP contribution in [0.4, 0.5) is 0 Å². The van der Waals surface area contributed by atoms with Crippen molar-refractivity contribution in [1.29, 1.82) is 0 Å². The molecule has 0 amide bonds. The standard InChI is InChI=1S/C23H24N4O2/c1-14-10-22-25-26-23(29)27(22)20-11-19(21(28)12-18(14)20)17-9-5-2-6-15(17)13-24-16-7-3-4-8-16/h2,5-6,9-12,16,24,28H,3-4,7-8,13H2,1H3,(H,26,29). The van der Waals surface area contributed by atoms with Crippen molar-refractivity contribution in [3.63, 3.8) is 0 Å². The Morgan fingerprint density at radius 1 is 1.17 bits per heavy atom. The summed E-state index contributed by atoms with van der Waals surface area (Å²) in [4.78, 5) is 12.3. The molecule has 1 aliphatic rings. The van der Waals surface area contributed by atoms with Crippen LogP contribution >= 0.6 is 0 Å². The quantitative estimate of drug-likeness (QED) is 0.495. The highest BCUT2D eigenvalue weighted by atomic mass is 16.3. The smallest absolute Gasteiger partial charge is 0.348 e. The number of hydrogen-bond acceptors (Lipinski definition) is 4. The van der Waals surface area contributed by atoms with Gasteiger partial charge in [0.2, 0.25) is 0 Å². The predicted octanol–water partition coefficient (Wildman–Crippen LogP) is 3.89. The van der Waals surface area contributed by atoms with Gasteiger partial charge in [-0.05, 0) is 54.7 Å². The highest BCUT2D eigenvalue weighted by Gasteiger charge is 2.17. The molecule has 6 heteroatoms. The highest BCUT2D eigenvalue weighted by molar-refractivity contribution is 5.92. The summed E-state index contributed by atoms with van der Waals surface area (Å²) < 4.78 is 1.56. The van der Waals surface area contributed by atoms with Crippen molar-refractivity contribution in [2.45, 2.75) is 45.2 Å². The number of benzene rings is 2. The number of hydrogen-bond donors (Lipinski definition) is 3. The van der Waals surface area contributed by atoms with Crippen LogP contribution in [-0.4, -0.2) is 25.7 Å². The van der Waals surface area contributed by atoms with E-state index < -0.39 is 0 Å². The summed E-state index contributed by atoms with van der Waals surface area (Å²) in [5.74, 6) is 0.213. The number of fused-ring (bicyclic) bond motifs is 3. The first kappa shape index (κ1) is 17.9. The molecule has 1 aliphatic carbocycles. The third kappa shape index (κ3) is 3.09. The SMILES string of the molecule is Cc1cc2n[nH]c(=O)n2c2cc(-c3ccccc3CNC3CCCC3)c(O)cc12. The molecule has 0 radical (unpaired) electrons. The highest BCUT2D eigenvalue weighted by Crippen LogP contribution is 2.36. The van der Waals surface area contributed by atoms with Gasteiger partial charge in [0.25, 0.3) is 0 Å². The predicted molar refractivity (Wildman–Crippen MR) is 114 cm³/mol. The van der Waals surface area contributed by atoms with Crippen molar-refractivity contribution in [2.75, 3.05) is 0 Å².